The molecule has 0 bridgehead atoms. The molecule has 0 saturated carbocycles. The van der Waals surface area contributed by atoms with Crippen molar-refractivity contribution < 1.29 is 171 Å². The van der Waals surface area contributed by atoms with Crippen molar-refractivity contribution >= 4 is 71.4 Å². The van der Waals surface area contributed by atoms with Gasteiger partial charge < -0.3 is 135 Å². The molecule has 3 aliphatic heterocycles. The van der Waals surface area contributed by atoms with Gasteiger partial charge in [0.05, 0.1) is 144 Å². The Morgan fingerprint density at radius 1 is 0.378 bits per heavy atom. The number of methoxy groups -OCH3 is 2. The first-order valence-electron chi connectivity index (χ1n) is 45.9. The zero-order chi connectivity index (χ0) is 98.7. The van der Waals surface area contributed by atoms with Crippen LogP contribution in [0.25, 0.3) is 0 Å². The number of hydrogen-bond acceptors (Lipinski definition) is 37. The van der Waals surface area contributed by atoms with Crippen LogP contribution in [0.2, 0.25) is 0 Å². The molecule has 0 radical (unpaired) electrons. The van der Waals surface area contributed by atoms with Crippen molar-refractivity contribution in [3.05, 3.63) is 95.6 Å². The van der Waals surface area contributed by atoms with Crippen molar-refractivity contribution in [2.24, 2.45) is 23.7 Å². The summed E-state index contributed by atoms with van der Waals surface area (Å²) in [5, 5.41) is 12.0. The number of esters is 9. The van der Waals surface area contributed by atoms with E-state index in [2.05, 4.69) is 28.2 Å². The highest BCUT2D eigenvalue weighted by Gasteiger charge is 2.51. The molecule has 3 saturated heterocycles. The Morgan fingerprint density at radius 3 is 1.01 bits per heavy atom. The Morgan fingerprint density at radius 2 is 0.696 bits per heavy atom. The maximum Gasteiger partial charge on any atom is 0.307 e. The minimum atomic E-state index is -1.29. The van der Waals surface area contributed by atoms with Gasteiger partial charge in [0.25, 0.3) is 0 Å². The average Bonchev–Trinajstić information content (AvgIpc) is 0.750. The van der Waals surface area contributed by atoms with Gasteiger partial charge in [0.15, 0.2) is 18.9 Å². The summed E-state index contributed by atoms with van der Waals surface area (Å²) < 4.78 is 139. The third kappa shape index (κ3) is 41.3. The molecule has 6 rings (SSSR count). The molecule has 4 N–H and O–H groups in total. The number of ether oxygens (including phenoxy) is 24. The summed E-state index contributed by atoms with van der Waals surface area (Å²) in [5.74, 6) is -6.75. The van der Waals surface area contributed by atoms with E-state index in [-0.39, 0.29) is 194 Å². The maximum absolute atomic E-state index is 14.4. The number of nitrogens with one attached hydrogen (secondary N) is 4. The number of unbranched alkanes of at least 4 members (excludes halogenated alkanes) is 1. The highest BCUT2D eigenvalue weighted by atomic mass is 16.7. The Balaban J connectivity index is 1.12. The molecule has 0 aliphatic carbocycles. The lowest BCUT2D eigenvalue weighted by Gasteiger charge is -2.44. The van der Waals surface area contributed by atoms with Crippen molar-refractivity contribution in [3.8, 4) is 11.5 Å². The second kappa shape index (κ2) is 62.2. The monoisotopic (exact) mass is 1910 g/mol. The molecule has 40 heteroatoms. The van der Waals surface area contributed by atoms with Crippen LogP contribution in [0.5, 0.6) is 11.5 Å². The molecular weight excluding hydrogens is 1770 g/mol. The second-order valence-electron chi connectivity index (χ2n) is 32.9. The molecule has 0 spiro atoms. The van der Waals surface area contributed by atoms with Gasteiger partial charge in [-0.3, -0.25) is 57.5 Å². The fourth-order valence-corrected chi connectivity index (χ4v) is 15.8. The molecule has 3 aromatic carbocycles. The summed E-state index contributed by atoms with van der Waals surface area (Å²) in [6.45, 7) is 18.7. The van der Waals surface area contributed by atoms with Crippen molar-refractivity contribution in [1.82, 2.24) is 21.3 Å². The van der Waals surface area contributed by atoms with Crippen LogP contribution in [0, 0.1) is 23.7 Å². The van der Waals surface area contributed by atoms with Crippen molar-refractivity contribution in [3.63, 3.8) is 0 Å². The van der Waals surface area contributed by atoms with E-state index in [1.54, 1.807) is 35.0 Å². The molecule has 3 fully saturated rings. The van der Waals surface area contributed by atoms with E-state index in [1.165, 1.54) is 62.3 Å². The van der Waals surface area contributed by atoms with Gasteiger partial charge in [-0.05, 0) is 79.1 Å². The molecule has 3 aliphatic rings. The zero-order valence-corrected chi connectivity index (χ0v) is 80.6. The van der Waals surface area contributed by atoms with E-state index >= 15 is 0 Å². The SMILES string of the molecule is CCC(CCCCNC(CCC(=O)OCCOCCOCCOC1OC(COC(C)=O)C(OC(C)=O)C(C)C1NC(C)=O)(CCC(=O)OCCOCCOCCOC1OC(COC(C)=O)C(OC(C)=O)C(C)C1NC(C)=O)CC(=O)OCCOCCOCCOC1OC(COC(C)=O)C(OC(C)=O)C(C)C1NC(C)=O)COC(c1ccccc1)(c1ccc(OC)cc1)c1ccc(OC)cc1. The van der Waals surface area contributed by atoms with Crippen LogP contribution in [-0.4, -0.2) is 317 Å². The molecule has 0 aromatic heterocycles. The van der Waals surface area contributed by atoms with E-state index in [1.807, 2.05) is 78.9 Å². The summed E-state index contributed by atoms with van der Waals surface area (Å²) in [6.07, 6.45) is -6.54. The number of carbonyl (C=O) groups excluding carboxylic acids is 12. The van der Waals surface area contributed by atoms with Crippen molar-refractivity contribution in [2.75, 3.05) is 166 Å². The van der Waals surface area contributed by atoms with Gasteiger partial charge in [-0.1, -0.05) is 95.1 Å². The number of amides is 3. The average molecular weight is 1920 g/mol. The minimum absolute atomic E-state index is 0.00426. The standard InChI is InChI=1S/C95H142N4O36/c1-16-73(57-129-95(74-23-18-17-19-24-74,75-25-29-77(112-14)30-26-75)76-27-31-78(113-15)32-28-76)22-20-21-37-96-94(56-84(111)122-52-46-116-40-43-119-49-55-125-93-87(99-66(7)102)63(4)90(132-72(13)108)81(135-93)60-128-69(10)105,35-33-82(109)120-50-44-114-38-41-117-47-53-123-91-85(97-64(5)100)61(2)88(130-70(11)106)79(133-91)58-126-67(8)103)36-34-83(110)121-51-45-115-39-42-118-48-54-124-92-86(98-65(6)101)62(3)89(131-71(12)107)80(134-92)59-127-68(9)104/h17-19,23-32,61-63,73,79-81,85-93,96H,16,20-22,33-60H2,1-15H3,(H,97,100)(H,98,101)(H,99,102). The van der Waals surface area contributed by atoms with Gasteiger partial charge in [0.2, 0.25) is 17.7 Å². The highest BCUT2D eigenvalue weighted by Crippen LogP contribution is 2.43. The van der Waals surface area contributed by atoms with Crippen LogP contribution in [0.4, 0.5) is 0 Å². The van der Waals surface area contributed by atoms with E-state index in [0.717, 1.165) is 29.5 Å². The van der Waals surface area contributed by atoms with Gasteiger partial charge in [-0.2, -0.15) is 0 Å². The molecule has 135 heavy (non-hydrogen) atoms. The Labute approximate surface area is 789 Å². The lowest BCUT2D eigenvalue weighted by Crippen LogP contribution is -2.62. The normalized spacial score (nSPS) is 22.2. The number of carbonyl (C=O) groups is 12. The van der Waals surface area contributed by atoms with Gasteiger partial charge in [0, 0.05) is 98.4 Å². The second-order valence-corrected chi connectivity index (χ2v) is 32.9. The first kappa shape index (κ1) is 114. The molecule has 40 nitrogen and oxygen atoms in total. The topological polar surface area (TPSA) is 474 Å². The minimum Gasteiger partial charge on any atom is -0.497 e. The van der Waals surface area contributed by atoms with Gasteiger partial charge in [-0.25, -0.2) is 0 Å². The predicted molar refractivity (Wildman–Crippen MR) is 478 cm³/mol. The molecule has 758 valence electrons. The van der Waals surface area contributed by atoms with Gasteiger partial charge >= 0.3 is 53.7 Å². The van der Waals surface area contributed by atoms with E-state index in [9.17, 15) is 57.5 Å². The largest absolute Gasteiger partial charge is 0.497 e. The molecule has 3 heterocycles. The van der Waals surface area contributed by atoms with Crippen LogP contribution < -0.4 is 30.7 Å². The van der Waals surface area contributed by atoms with Crippen LogP contribution in [0.15, 0.2) is 78.9 Å². The summed E-state index contributed by atoms with van der Waals surface area (Å²) in [7, 11) is 3.23. The van der Waals surface area contributed by atoms with Gasteiger partial charge in [-0.15, -0.1) is 0 Å². The smallest absolute Gasteiger partial charge is 0.307 e. The molecular formula is C95H142N4O36. The van der Waals surface area contributed by atoms with E-state index in [0.29, 0.717) is 37.5 Å². The first-order valence-corrected chi connectivity index (χ1v) is 45.9. The third-order valence-electron chi connectivity index (χ3n) is 22.6. The molecule has 3 aromatic rings. The first-order chi connectivity index (χ1) is 64.7. The Kier molecular flexibility index (Phi) is 52.6. The lowest BCUT2D eigenvalue weighted by atomic mass is 9.79. The number of rotatable bonds is 65. The molecule has 16 atom stereocenters. The van der Waals surface area contributed by atoms with Crippen LogP contribution >= 0.6 is 0 Å². The summed E-state index contributed by atoms with van der Waals surface area (Å²) in [6, 6.07) is 23.4. The zero-order valence-electron chi connectivity index (χ0n) is 80.6. The van der Waals surface area contributed by atoms with Crippen LogP contribution in [0.1, 0.15) is 164 Å². The highest BCUT2D eigenvalue weighted by molar-refractivity contribution is 5.76. The maximum atomic E-state index is 14.4. The summed E-state index contributed by atoms with van der Waals surface area (Å²) in [4.78, 5) is 151. The summed E-state index contributed by atoms with van der Waals surface area (Å²) in [5.41, 5.74) is 0.327. The quantitative estimate of drug-likeness (QED) is 0.0207. The fourth-order valence-electron chi connectivity index (χ4n) is 15.8. The fraction of sp³-hybridized carbons (Fsp3) is 0.684. The van der Waals surface area contributed by atoms with E-state index < -0.39 is 156 Å². The molecule has 16 unspecified atom stereocenters. The third-order valence-corrected chi connectivity index (χ3v) is 22.6. The van der Waals surface area contributed by atoms with Crippen LogP contribution in [0.3, 0.4) is 0 Å². The lowest BCUT2D eigenvalue weighted by molar-refractivity contribution is -0.264. The van der Waals surface area contributed by atoms with E-state index in [4.69, 9.17) is 114 Å². The molecule has 3 amide bonds. The Hall–Kier alpha value is -9.66. The summed E-state index contributed by atoms with van der Waals surface area (Å²) >= 11 is 0. The van der Waals surface area contributed by atoms with Crippen LogP contribution in [-0.2, 0) is 167 Å². The number of benzene rings is 3. The Bertz CT molecular complexity index is 3890. The van der Waals surface area contributed by atoms with Crippen molar-refractivity contribution in [2.45, 2.75) is 233 Å². The van der Waals surface area contributed by atoms with Crippen molar-refractivity contribution in [1.29, 1.82) is 0 Å². The van der Waals surface area contributed by atoms with Gasteiger partial charge in [0.1, 0.15) is 93.4 Å². The number of hydrogen-bond donors (Lipinski definition) is 4. The predicted octanol–water partition coefficient (Wildman–Crippen LogP) is 6.35.